The molecule has 0 aliphatic rings. The average molecular weight is 281 g/mol. The Balaban J connectivity index is 0.000000195. The molecule has 15 heavy (non-hydrogen) atoms. The van der Waals surface area contributed by atoms with Gasteiger partial charge in [-0.1, -0.05) is 0 Å². The zero-order valence-electron chi connectivity index (χ0n) is 7.54. The van der Waals surface area contributed by atoms with Crippen LogP contribution in [0.4, 0.5) is 17.3 Å². The van der Waals surface area contributed by atoms with E-state index in [-0.39, 0.29) is 0 Å². The van der Waals surface area contributed by atoms with Gasteiger partial charge in [-0.2, -0.15) is 0 Å². The number of hydrogen-bond acceptors (Lipinski definition) is 0. The molecule has 0 radical (unpaired) electrons. The van der Waals surface area contributed by atoms with Crippen LogP contribution in [0, 0.1) is 0 Å². The fourth-order valence-corrected chi connectivity index (χ4v) is 2.52. The molecule has 0 aliphatic carbocycles. The fraction of sp³-hybridized carbons (Fsp3) is 0. The van der Waals surface area contributed by atoms with Crippen molar-refractivity contribution in [1.29, 1.82) is 0 Å². The molecule has 80 valence electrons. The van der Waals surface area contributed by atoms with Crippen LogP contribution in [0.3, 0.4) is 0 Å². The molecule has 2 aromatic rings. The first-order valence-corrected chi connectivity index (χ1v) is 5.94. The summed E-state index contributed by atoms with van der Waals surface area (Å²) in [6.07, 6.45) is 0. The Morgan fingerprint density at radius 1 is 0.867 bits per heavy atom. The van der Waals surface area contributed by atoms with Gasteiger partial charge in [0, 0.05) is 0 Å². The summed E-state index contributed by atoms with van der Waals surface area (Å²) in [6.45, 7) is 0. The van der Waals surface area contributed by atoms with Crippen LogP contribution in [-0.4, -0.2) is 21.8 Å². The van der Waals surface area contributed by atoms with Crippen molar-refractivity contribution in [3.05, 3.63) is 41.3 Å². The first-order chi connectivity index (χ1) is 6.97. The molecule has 1 heterocycles. The van der Waals surface area contributed by atoms with E-state index >= 15 is 0 Å². The summed E-state index contributed by atoms with van der Waals surface area (Å²) >= 11 is 0.575. The number of rotatable bonds is 0. The fourth-order valence-electron chi connectivity index (χ4n) is 0.981. The number of hydrogen-bond donors (Lipinski definition) is 0. The second-order valence-corrected chi connectivity index (χ2v) is 4.63. The quantitative estimate of drug-likeness (QED) is 0.512. The Morgan fingerprint density at radius 3 is 2.00 bits per heavy atom. The molecule has 0 aliphatic heterocycles. The SMILES string of the molecule is F[B-](F)(F)F.c1ccc2[se+]cccc2c1. The van der Waals surface area contributed by atoms with Gasteiger partial charge >= 0.3 is 72.7 Å². The summed E-state index contributed by atoms with van der Waals surface area (Å²) < 4.78 is 40.5. The molecule has 0 amide bonds. The zero-order chi connectivity index (χ0) is 11.3. The molecule has 0 spiro atoms. The molecular weight excluding hydrogens is 274 g/mol. The Hall–Kier alpha value is -0.866. The van der Waals surface area contributed by atoms with Crippen LogP contribution >= 0.6 is 0 Å². The first-order valence-electron chi connectivity index (χ1n) is 4.10. The van der Waals surface area contributed by atoms with Crippen molar-refractivity contribution in [2.24, 2.45) is 0 Å². The van der Waals surface area contributed by atoms with Gasteiger partial charge in [-0.25, -0.2) is 0 Å². The summed E-state index contributed by atoms with van der Waals surface area (Å²) in [5.74, 6) is 0. The van der Waals surface area contributed by atoms with Crippen LogP contribution in [0.15, 0.2) is 41.3 Å². The maximum atomic E-state index is 9.75. The number of benzene rings is 1. The van der Waals surface area contributed by atoms with Crippen molar-refractivity contribution < 1.29 is 17.3 Å². The van der Waals surface area contributed by atoms with E-state index in [1.54, 1.807) is 0 Å². The van der Waals surface area contributed by atoms with Crippen LogP contribution in [-0.2, 0) is 0 Å². The summed E-state index contributed by atoms with van der Waals surface area (Å²) in [6, 6.07) is 12.9. The third kappa shape index (κ3) is 5.55. The molecule has 0 atom stereocenters. The summed E-state index contributed by atoms with van der Waals surface area (Å²) in [4.78, 5) is 2.25. The van der Waals surface area contributed by atoms with Gasteiger partial charge in [-0.3, -0.25) is 0 Å². The van der Waals surface area contributed by atoms with Crippen molar-refractivity contribution in [3.8, 4) is 0 Å². The molecule has 1 aromatic heterocycles. The molecule has 0 fully saturated rings. The molecule has 1 aromatic carbocycles. The van der Waals surface area contributed by atoms with E-state index in [1.165, 1.54) is 9.65 Å². The molecule has 0 N–H and O–H groups in total. The van der Waals surface area contributed by atoms with Crippen molar-refractivity contribution in [2.45, 2.75) is 0 Å². The summed E-state index contributed by atoms with van der Waals surface area (Å²) in [5, 5.41) is 1.39. The van der Waals surface area contributed by atoms with Gasteiger partial charge in [0.05, 0.1) is 0 Å². The second kappa shape index (κ2) is 5.28. The van der Waals surface area contributed by atoms with E-state index < -0.39 is 7.25 Å². The van der Waals surface area contributed by atoms with E-state index in [4.69, 9.17) is 0 Å². The second-order valence-electron chi connectivity index (χ2n) is 2.65. The van der Waals surface area contributed by atoms with Crippen LogP contribution < -0.4 is 0 Å². The number of halogens is 4. The van der Waals surface area contributed by atoms with Gasteiger partial charge in [0.15, 0.2) is 0 Å². The predicted molar refractivity (Wildman–Crippen MR) is 55.5 cm³/mol. The minimum absolute atomic E-state index is 0.575. The van der Waals surface area contributed by atoms with Gasteiger partial charge in [0.2, 0.25) is 0 Å². The molecule has 0 saturated heterocycles. The monoisotopic (exact) mass is 282 g/mol. The van der Waals surface area contributed by atoms with E-state index in [2.05, 4.69) is 41.3 Å². The standard InChI is InChI=1S/C9H7Se.BF4/c1-2-6-9-8(4-1)5-3-7-10-9;2-1(3,4)5/h1-7H;/q+1;-1. The van der Waals surface area contributed by atoms with Crippen molar-refractivity contribution >= 4 is 31.4 Å². The van der Waals surface area contributed by atoms with Gasteiger partial charge in [-0.15, -0.1) is 0 Å². The molecule has 0 saturated carbocycles. The van der Waals surface area contributed by atoms with Crippen LogP contribution in [0.2, 0.25) is 0 Å². The molecule has 0 nitrogen and oxygen atoms in total. The van der Waals surface area contributed by atoms with Crippen LogP contribution in [0.25, 0.3) is 9.65 Å². The van der Waals surface area contributed by atoms with Crippen LogP contribution in [0.1, 0.15) is 0 Å². The normalized spacial score (nSPS) is 10.7. The van der Waals surface area contributed by atoms with Gasteiger partial charge in [0.1, 0.15) is 0 Å². The summed E-state index contributed by atoms with van der Waals surface area (Å²) in [5.41, 5.74) is 0. The Morgan fingerprint density at radius 2 is 1.40 bits per heavy atom. The molecular formula is C9H7BF4Se. The third-order valence-electron chi connectivity index (χ3n) is 1.47. The Kier molecular flexibility index (Phi) is 4.30. The predicted octanol–water partition coefficient (Wildman–Crippen LogP) is 3.48. The molecule has 6 heteroatoms. The Bertz CT molecular complexity index is 358. The Labute approximate surface area is 90.4 Å². The zero-order valence-corrected chi connectivity index (χ0v) is 9.25. The van der Waals surface area contributed by atoms with Crippen molar-refractivity contribution in [2.75, 3.05) is 0 Å². The van der Waals surface area contributed by atoms with Gasteiger partial charge in [-0.05, 0) is 0 Å². The van der Waals surface area contributed by atoms with Crippen molar-refractivity contribution in [1.82, 2.24) is 0 Å². The molecule has 2 rings (SSSR count). The van der Waals surface area contributed by atoms with Crippen LogP contribution in [0.5, 0.6) is 0 Å². The van der Waals surface area contributed by atoms with Gasteiger partial charge < -0.3 is 17.3 Å². The topological polar surface area (TPSA) is 0 Å². The minimum atomic E-state index is -6.00. The van der Waals surface area contributed by atoms with E-state index in [1.807, 2.05) is 0 Å². The third-order valence-corrected chi connectivity index (χ3v) is 3.40. The van der Waals surface area contributed by atoms with E-state index in [0.29, 0.717) is 14.5 Å². The van der Waals surface area contributed by atoms with E-state index in [0.717, 1.165) is 0 Å². The molecule has 0 unspecified atom stereocenters. The van der Waals surface area contributed by atoms with Gasteiger partial charge in [0.25, 0.3) is 0 Å². The average Bonchev–Trinajstić information content (AvgIpc) is 2.16. The molecule has 0 bridgehead atoms. The summed E-state index contributed by atoms with van der Waals surface area (Å²) in [7, 11) is -6.00. The first kappa shape index (κ1) is 12.2. The van der Waals surface area contributed by atoms with Crippen molar-refractivity contribution in [3.63, 3.8) is 0 Å². The maximum absolute atomic E-state index is 9.75. The van der Waals surface area contributed by atoms with E-state index in [9.17, 15) is 17.3 Å². The number of fused-ring (bicyclic) bond motifs is 1.